The van der Waals surface area contributed by atoms with Crippen LogP contribution in [-0.4, -0.2) is 12.5 Å². The number of nitriles is 1. The summed E-state index contributed by atoms with van der Waals surface area (Å²) in [7, 11) is 0. The van der Waals surface area contributed by atoms with Crippen LogP contribution in [0.3, 0.4) is 0 Å². The van der Waals surface area contributed by atoms with Crippen LogP contribution in [0.2, 0.25) is 0 Å². The summed E-state index contributed by atoms with van der Waals surface area (Å²) >= 11 is 1.29. The molecule has 18 heavy (non-hydrogen) atoms. The van der Waals surface area contributed by atoms with Gasteiger partial charge in [-0.15, -0.1) is 4.91 Å². The van der Waals surface area contributed by atoms with Crippen molar-refractivity contribution in [1.82, 2.24) is 0 Å². The Hall–Kier alpha value is -2.33. The quantitative estimate of drug-likeness (QED) is 0.380. The van der Waals surface area contributed by atoms with Gasteiger partial charge in [-0.25, -0.2) is 4.79 Å². The number of para-hydroxylation sites is 1. The second-order valence-corrected chi connectivity index (χ2v) is 4.45. The number of fused-ring (bicyclic) bond motifs is 1. The lowest BCUT2D eigenvalue weighted by Crippen LogP contribution is -2.14. The SMILES string of the molecule is N#CC(C(=O)ON=O)=C1CNc2ccccc2S1. The van der Waals surface area contributed by atoms with Gasteiger partial charge in [-0.1, -0.05) is 23.9 Å². The second-order valence-electron chi connectivity index (χ2n) is 3.32. The predicted octanol–water partition coefficient (Wildman–Crippen LogP) is 2.21. The Kier molecular flexibility index (Phi) is 3.60. The molecule has 0 radical (unpaired) electrons. The highest BCUT2D eigenvalue weighted by Crippen LogP contribution is 2.38. The standard InChI is InChI=1S/C11H7N3O3S/c12-5-7(11(15)17-14-16)10-6-13-8-3-1-2-4-9(8)18-10/h1-4,13H,6H2. The first-order chi connectivity index (χ1) is 8.76. The van der Waals surface area contributed by atoms with Gasteiger partial charge in [0.1, 0.15) is 6.07 Å². The van der Waals surface area contributed by atoms with Crippen LogP contribution >= 0.6 is 11.8 Å². The van der Waals surface area contributed by atoms with Gasteiger partial charge in [-0.3, -0.25) is 4.84 Å². The summed E-state index contributed by atoms with van der Waals surface area (Å²) in [5.74, 6) is -1.03. The number of carbonyl (C=O) groups excluding carboxylic acids is 1. The highest BCUT2D eigenvalue weighted by molar-refractivity contribution is 8.03. The number of hydrogen-bond acceptors (Lipinski definition) is 7. The number of hydrogen-bond donors (Lipinski definition) is 1. The second kappa shape index (κ2) is 5.33. The number of nitrogens with one attached hydrogen (secondary N) is 1. The van der Waals surface area contributed by atoms with Crippen molar-refractivity contribution in [2.45, 2.75) is 4.90 Å². The zero-order valence-corrected chi connectivity index (χ0v) is 9.86. The maximum Gasteiger partial charge on any atom is 0.380 e. The summed E-state index contributed by atoms with van der Waals surface area (Å²) < 4.78 is 0. The third kappa shape index (κ3) is 2.33. The van der Waals surface area contributed by atoms with Gasteiger partial charge in [-0.05, 0) is 12.1 Å². The maximum absolute atomic E-state index is 11.3. The smallest absolute Gasteiger partial charge is 0.379 e. The van der Waals surface area contributed by atoms with Crippen LogP contribution in [-0.2, 0) is 9.63 Å². The molecule has 1 aromatic carbocycles. The van der Waals surface area contributed by atoms with Gasteiger partial charge in [0, 0.05) is 22.0 Å². The van der Waals surface area contributed by atoms with Crippen molar-refractivity contribution >= 4 is 23.4 Å². The minimum absolute atomic E-state index is 0.207. The fourth-order valence-corrected chi connectivity index (χ4v) is 2.52. The van der Waals surface area contributed by atoms with E-state index < -0.39 is 5.97 Å². The molecule has 2 rings (SSSR count). The minimum atomic E-state index is -1.03. The number of anilines is 1. The van der Waals surface area contributed by atoms with Gasteiger partial charge in [0.15, 0.2) is 10.9 Å². The average molecular weight is 261 g/mol. The van der Waals surface area contributed by atoms with E-state index >= 15 is 0 Å². The van der Waals surface area contributed by atoms with Gasteiger partial charge in [0.25, 0.3) is 0 Å². The van der Waals surface area contributed by atoms with Crippen molar-refractivity contribution in [3.8, 4) is 6.07 Å². The lowest BCUT2D eigenvalue weighted by atomic mass is 10.2. The fourth-order valence-electron chi connectivity index (χ4n) is 1.49. The molecular weight excluding hydrogens is 254 g/mol. The van der Waals surface area contributed by atoms with E-state index in [2.05, 4.69) is 10.2 Å². The first kappa shape index (κ1) is 12.1. The number of thioether (sulfide) groups is 1. The number of carbonyl (C=O) groups is 1. The average Bonchev–Trinajstić information content (AvgIpc) is 2.40. The Balaban J connectivity index is 2.33. The Labute approximate surface area is 107 Å². The van der Waals surface area contributed by atoms with Crippen LogP contribution in [0.4, 0.5) is 5.69 Å². The lowest BCUT2D eigenvalue weighted by Gasteiger charge is -2.19. The molecule has 0 atom stereocenters. The van der Waals surface area contributed by atoms with Crippen LogP contribution in [0, 0.1) is 16.2 Å². The predicted molar refractivity (Wildman–Crippen MR) is 65.3 cm³/mol. The Morgan fingerprint density at radius 3 is 3.00 bits per heavy atom. The molecule has 6 nitrogen and oxygen atoms in total. The summed E-state index contributed by atoms with van der Waals surface area (Å²) in [6.45, 7) is 0.332. The molecule has 90 valence electrons. The Bertz CT molecular complexity index is 577. The van der Waals surface area contributed by atoms with Crippen LogP contribution in [0.25, 0.3) is 0 Å². The third-order valence-corrected chi connectivity index (χ3v) is 3.45. The van der Waals surface area contributed by atoms with Gasteiger partial charge in [0.05, 0.1) is 0 Å². The number of rotatable bonds is 2. The zero-order chi connectivity index (χ0) is 13.0. The number of nitrogens with zero attached hydrogens (tertiary/aromatic N) is 2. The summed E-state index contributed by atoms with van der Waals surface area (Å²) in [5.41, 5.74) is 0.729. The van der Waals surface area contributed by atoms with Gasteiger partial charge < -0.3 is 5.32 Å². The molecule has 0 saturated carbocycles. The van der Waals surface area contributed by atoms with Crippen molar-refractivity contribution in [3.63, 3.8) is 0 Å². The molecule has 0 saturated heterocycles. The van der Waals surface area contributed by atoms with Crippen LogP contribution in [0.5, 0.6) is 0 Å². The van der Waals surface area contributed by atoms with Crippen molar-refractivity contribution in [3.05, 3.63) is 39.7 Å². The molecule has 0 fully saturated rings. The van der Waals surface area contributed by atoms with Gasteiger partial charge in [-0.2, -0.15) is 5.26 Å². The molecule has 0 amide bonds. The Morgan fingerprint density at radius 2 is 2.28 bits per heavy atom. The highest BCUT2D eigenvalue weighted by atomic mass is 32.2. The summed E-state index contributed by atoms with van der Waals surface area (Å²) in [4.78, 5) is 26.6. The normalized spacial score (nSPS) is 15.7. The topological polar surface area (TPSA) is 91.6 Å². The zero-order valence-electron chi connectivity index (χ0n) is 9.04. The van der Waals surface area contributed by atoms with E-state index in [4.69, 9.17) is 5.26 Å². The Morgan fingerprint density at radius 1 is 1.50 bits per heavy atom. The molecule has 1 aromatic rings. The van der Waals surface area contributed by atoms with E-state index in [0.29, 0.717) is 11.4 Å². The molecule has 0 aromatic heterocycles. The molecule has 1 N–H and O–H groups in total. The fraction of sp³-hybridized carbons (Fsp3) is 0.0909. The van der Waals surface area contributed by atoms with Crippen molar-refractivity contribution in [1.29, 1.82) is 5.26 Å². The van der Waals surface area contributed by atoms with E-state index in [1.165, 1.54) is 11.8 Å². The van der Waals surface area contributed by atoms with Crippen LogP contribution in [0.15, 0.2) is 45.0 Å². The van der Waals surface area contributed by atoms with E-state index in [-0.39, 0.29) is 5.57 Å². The maximum atomic E-state index is 11.3. The number of benzene rings is 1. The first-order valence-electron chi connectivity index (χ1n) is 4.94. The molecule has 1 heterocycles. The summed E-state index contributed by atoms with van der Waals surface area (Å²) in [6.07, 6.45) is 0. The van der Waals surface area contributed by atoms with Gasteiger partial charge in [0.2, 0.25) is 0 Å². The van der Waals surface area contributed by atoms with E-state index in [9.17, 15) is 9.70 Å². The summed E-state index contributed by atoms with van der Waals surface area (Å²) in [5, 5.41) is 14.0. The highest BCUT2D eigenvalue weighted by Gasteiger charge is 2.22. The van der Waals surface area contributed by atoms with E-state index in [1.807, 2.05) is 29.6 Å². The molecule has 1 aliphatic heterocycles. The molecule has 7 heteroatoms. The molecule has 1 aliphatic rings. The molecular formula is C11H7N3O3S. The van der Waals surface area contributed by atoms with Crippen LogP contribution < -0.4 is 5.32 Å². The molecule has 0 bridgehead atoms. The van der Waals surface area contributed by atoms with Crippen molar-refractivity contribution in [2.75, 3.05) is 11.9 Å². The first-order valence-corrected chi connectivity index (χ1v) is 5.76. The third-order valence-electron chi connectivity index (χ3n) is 2.27. The monoisotopic (exact) mass is 261 g/mol. The lowest BCUT2D eigenvalue weighted by molar-refractivity contribution is -0.138. The van der Waals surface area contributed by atoms with E-state index in [0.717, 1.165) is 10.6 Å². The molecule has 0 spiro atoms. The van der Waals surface area contributed by atoms with Crippen molar-refractivity contribution < 1.29 is 9.63 Å². The molecule has 0 aliphatic carbocycles. The largest absolute Gasteiger partial charge is 0.380 e. The van der Waals surface area contributed by atoms with Crippen molar-refractivity contribution in [2.24, 2.45) is 5.34 Å². The van der Waals surface area contributed by atoms with Crippen LogP contribution in [0.1, 0.15) is 0 Å². The molecule has 0 unspecified atom stereocenters. The summed E-state index contributed by atoms with van der Waals surface area (Å²) in [6, 6.07) is 9.24. The van der Waals surface area contributed by atoms with E-state index in [1.54, 1.807) is 6.07 Å². The van der Waals surface area contributed by atoms with Gasteiger partial charge >= 0.3 is 5.97 Å². The minimum Gasteiger partial charge on any atom is -0.379 e.